The zero-order chi connectivity index (χ0) is 15.4. The number of urea groups is 1. The van der Waals surface area contributed by atoms with E-state index in [4.69, 9.17) is 14.2 Å². The van der Waals surface area contributed by atoms with Crippen molar-refractivity contribution in [2.45, 2.75) is 18.6 Å². The molecular formula is C16H22N2O4. The highest BCUT2D eigenvalue weighted by Crippen LogP contribution is 2.27. The predicted octanol–water partition coefficient (Wildman–Crippen LogP) is 1.86. The number of hydrogen-bond acceptors (Lipinski definition) is 4. The lowest BCUT2D eigenvalue weighted by atomic mass is 10.0. The fourth-order valence-corrected chi connectivity index (χ4v) is 2.90. The Morgan fingerprint density at radius 3 is 2.86 bits per heavy atom. The molecule has 6 nitrogen and oxygen atoms in total. The van der Waals surface area contributed by atoms with Crippen LogP contribution in [0.4, 0.5) is 10.5 Å². The first-order chi connectivity index (χ1) is 10.7. The van der Waals surface area contributed by atoms with Gasteiger partial charge in [-0.25, -0.2) is 4.79 Å². The zero-order valence-corrected chi connectivity index (χ0v) is 12.8. The van der Waals surface area contributed by atoms with E-state index in [0.29, 0.717) is 39.5 Å². The topological polar surface area (TPSA) is 60.0 Å². The first-order valence-electron chi connectivity index (χ1n) is 7.56. The Bertz CT molecular complexity index is 511. The molecule has 1 N–H and O–H groups in total. The van der Waals surface area contributed by atoms with Gasteiger partial charge in [0.2, 0.25) is 0 Å². The summed E-state index contributed by atoms with van der Waals surface area (Å²) in [6.45, 7) is 3.60. The number of hydrogen-bond donors (Lipinski definition) is 1. The molecule has 0 saturated carbocycles. The fraction of sp³-hybridized carbons (Fsp3) is 0.562. The van der Waals surface area contributed by atoms with Gasteiger partial charge >= 0.3 is 6.03 Å². The number of carbonyl (C=O) groups excluding carboxylic acids is 1. The maximum absolute atomic E-state index is 12.4. The van der Waals surface area contributed by atoms with Crippen LogP contribution in [0.3, 0.4) is 0 Å². The molecule has 2 saturated heterocycles. The summed E-state index contributed by atoms with van der Waals surface area (Å²) < 4.78 is 16.3. The van der Waals surface area contributed by atoms with Crippen molar-refractivity contribution in [2.24, 2.45) is 0 Å². The van der Waals surface area contributed by atoms with Crippen LogP contribution in [-0.2, 0) is 20.8 Å². The van der Waals surface area contributed by atoms with Gasteiger partial charge in [0.15, 0.2) is 0 Å². The number of rotatable bonds is 3. The molecule has 0 unspecified atom stereocenters. The second kappa shape index (κ2) is 6.64. The van der Waals surface area contributed by atoms with Crippen molar-refractivity contribution in [3.05, 3.63) is 29.8 Å². The van der Waals surface area contributed by atoms with Gasteiger partial charge in [-0.2, -0.15) is 0 Å². The Kier molecular flexibility index (Phi) is 4.61. The molecule has 2 fully saturated rings. The Labute approximate surface area is 130 Å². The second-order valence-electron chi connectivity index (χ2n) is 5.82. The molecule has 2 heterocycles. The molecule has 2 amide bonds. The van der Waals surface area contributed by atoms with Gasteiger partial charge in [0.1, 0.15) is 5.60 Å². The van der Waals surface area contributed by atoms with Crippen LogP contribution in [0.2, 0.25) is 0 Å². The number of nitrogens with one attached hydrogen (secondary N) is 1. The minimum Gasteiger partial charge on any atom is -0.380 e. The van der Waals surface area contributed by atoms with E-state index in [2.05, 4.69) is 5.32 Å². The maximum Gasteiger partial charge on any atom is 0.322 e. The quantitative estimate of drug-likeness (QED) is 0.926. The number of morpholine rings is 1. The standard InChI is InChI=1S/C16H22N2O4/c1-20-10-13-2-4-14(5-3-13)17-15(19)18-7-9-22-16(11-18)6-8-21-12-16/h2-5H,6-12H2,1H3,(H,17,19)/t16-/m0/s1. The molecule has 2 aliphatic heterocycles. The highest BCUT2D eigenvalue weighted by Gasteiger charge is 2.41. The normalized spacial score (nSPS) is 24.7. The van der Waals surface area contributed by atoms with Crippen LogP contribution in [0.5, 0.6) is 0 Å². The summed E-state index contributed by atoms with van der Waals surface area (Å²) in [4.78, 5) is 14.2. The third kappa shape index (κ3) is 3.40. The van der Waals surface area contributed by atoms with Crippen LogP contribution < -0.4 is 5.32 Å². The van der Waals surface area contributed by atoms with Crippen molar-refractivity contribution in [1.29, 1.82) is 0 Å². The van der Waals surface area contributed by atoms with Crippen LogP contribution >= 0.6 is 0 Å². The van der Waals surface area contributed by atoms with Crippen molar-refractivity contribution in [3.8, 4) is 0 Å². The summed E-state index contributed by atoms with van der Waals surface area (Å²) in [6, 6.07) is 7.59. The smallest absolute Gasteiger partial charge is 0.322 e. The Hall–Kier alpha value is -1.63. The molecular weight excluding hydrogens is 284 g/mol. The van der Waals surface area contributed by atoms with Crippen molar-refractivity contribution < 1.29 is 19.0 Å². The van der Waals surface area contributed by atoms with Crippen molar-refractivity contribution in [2.75, 3.05) is 45.3 Å². The molecule has 1 aromatic rings. The number of methoxy groups -OCH3 is 1. The SMILES string of the molecule is COCc1ccc(NC(=O)N2CCO[C@@]3(CCOC3)C2)cc1. The number of amides is 2. The Balaban J connectivity index is 1.59. The summed E-state index contributed by atoms with van der Waals surface area (Å²) in [7, 11) is 1.66. The summed E-state index contributed by atoms with van der Waals surface area (Å²) >= 11 is 0. The van der Waals surface area contributed by atoms with E-state index in [-0.39, 0.29) is 11.6 Å². The van der Waals surface area contributed by atoms with Crippen LogP contribution in [0.1, 0.15) is 12.0 Å². The number of carbonyl (C=O) groups is 1. The van der Waals surface area contributed by atoms with Gasteiger partial charge in [0.25, 0.3) is 0 Å². The van der Waals surface area contributed by atoms with Gasteiger partial charge in [-0.1, -0.05) is 12.1 Å². The molecule has 0 aliphatic carbocycles. The average Bonchev–Trinajstić information content (AvgIpc) is 2.97. The average molecular weight is 306 g/mol. The molecule has 22 heavy (non-hydrogen) atoms. The zero-order valence-electron chi connectivity index (χ0n) is 12.8. The molecule has 2 aliphatic rings. The summed E-state index contributed by atoms with van der Waals surface area (Å²) in [5, 5.41) is 2.94. The van der Waals surface area contributed by atoms with Crippen molar-refractivity contribution in [3.63, 3.8) is 0 Å². The highest BCUT2D eigenvalue weighted by molar-refractivity contribution is 5.89. The van der Waals surface area contributed by atoms with Crippen LogP contribution in [0.25, 0.3) is 0 Å². The summed E-state index contributed by atoms with van der Waals surface area (Å²) in [5.74, 6) is 0. The number of anilines is 1. The van der Waals surface area contributed by atoms with Crippen molar-refractivity contribution >= 4 is 11.7 Å². The number of nitrogens with zero attached hydrogens (tertiary/aromatic N) is 1. The third-order valence-corrected chi connectivity index (χ3v) is 4.12. The molecule has 3 rings (SSSR count). The Morgan fingerprint density at radius 2 is 2.18 bits per heavy atom. The molecule has 1 atom stereocenters. The lowest BCUT2D eigenvalue weighted by Gasteiger charge is -2.39. The minimum absolute atomic E-state index is 0.0888. The van der Waals surface area contributed by atoms with Crippen LogP contribution in [0.15, 0.2) is 24.3 Å². The van der Waals surface area contributed by atoms with Gasteiger partial charge in [-0.05, 0) is 17.7 Å². The van der Waals surface area contributed by atoms with E-state index in [0.717, 1.165) is 17.7 Å². The third-order valence-electron chi connectivity index (χ3n) is 4.12. The van der Waals surface area contributed by atoms with E-state index < -0.39 is 0 Å². The van der Waals surface area contributed by atoms with Gasteiger partial charge in [-0.3, -0.25) is 0 Å². The number of benzene rings is 1. The molecule has 6 heteroatoms. The second-order valence-corrected chi connectivity index (χ2v) is 5.82. The lowest BCUT2D eigenvalue weighted by Crippen LogP contribution is -2.55. The first kappa shape index (κ1) is 15.3. The van der Waals surface area contributed by atoms with E-state index in [1.807, 2.05) is 24.3 Å². The maximum atomic E-state index is 12.4. The molecule has 0 bridgehead atoms. The van der Waals surface area contributed by atoms with Crippen LogP contribution in [-0.4, -0.2) is 56.6 Å². The minimum atomic E-state index is -0.308. The van der Waals surface area contributed by atoms with E-state index in [1.54, 1.807) is 12.0 Å². The predicted molar refractivity (Wildman–Crippen MR) is 81.9 cm³/mol. The van der Waals surface area contributed by atoms with Gasteiger partial charge in [0, 0.05) is 32.4 Å². The van der Waals surface area contributed by atoms with Crippen LogP contribution in [0, 0.1) is 0 Å². The highest BCUT2D eigenvalue weighted by atomic mass is 16.6. The van der Waals surface area contributed by atoms with Gasteiger partial charge < -0.3 is 24.4 Å². The monoisotopic (exact) mass is 306 g/mol. The first-order valence-corrected chi connectivity index (χ1v) is 7.56. The van der Waals surface area contributed by atoms with Crippen molar-refractivity contribution in [1.82, 2.24) is 4.90 Å². The molecule has 1 aromatic carbocycles. The van der Waals surface area contributed by atoms with E-state index in [9.17, 15) is 4.79 Å². The fourth-order valence-electron chi connectivity index (χ4n) is 2.90. The summed E-state index contributed by atoms with van der Waals surface area (Å²) in [5.41, 5.74) is 1.56. The molecule has 0 radical (unpaired) electrons. The van der Waals surface area contributed by atoms with E-state index in [1.165, 1.54) is 0 Å². The summed E-state index contributed by atoms with van der Waals surface area (Å²) in [6.07, 6.45) is 0.850. The van der Waals surface area contributed by atoms with Gasteiger partial charge in [0.05, 0.1) is 26.4 Å². The Morgan fingerprint density at radius 1 is 1.36 bits per heavy atom. The molecule has 120 valence electrons. The lowest BCUT2D eigenvalue weighted by molar-refractivity contribution is -0.0964. The van der Waals surface area contributed by atoms with Gasteiger partial charge in [-0.15, -0.1) is 0 Å². The molecule has 1 spiro atoms. The number of ether oxygens (including phenoxy) is 3. The van der Waals surface area contributed by atoms with E-state index >= 15 is 0 Å². The largest absolute Gasteiger partial charge is 0.380 e. The molecule has 0 aromatic heterocycles.